The Morgan fingerprint density at radius 2 is 1.90 bits per heavy atom. The SMILES string of the molecule is CCCOc1c[nH]c(CS(=O)CC(=O)Nc2ccc(C(=O)OCC)cc2)cc1=O. The lowest BCUT2D eigenvalue weighted by atomic mass is 10.2. The molecule has 2 N–H and O–H groups in total. The van der Waals surface area contributed by atoms with Crippen molar-refractivity contribution in [3.05, 3.63) is 58.0 Å². The van der Waals surface area contributed by atoms with E-state index in [4.69, 9.17) is 9.47 Å². The van der Waals surface area contributed by atoms with Gasteiger partial charge < -0.3 is 19.8 Å². The summed E-state index contributed by atoms with van der Waals surface area (Å²) in [6.45, 7) is 4.38. The highest BCUT2D eigenvalue weighted by molar-refractivity contribution is 7.84. The number of ether oxygens (including phenoxy) is 2. The second-order valence-corrected chi connectivity index (χ2v) is 7.57. The Morgan fingerprint density at radius 1 is 1.17 bits per heavy atom. The van der Waals surface area contributed by atoms with E-state index in [1.165, 1.54) is 24.4 Å². The molecule has 1 aromatic heterocycles. The van der Waals surface area contributed by atoms with Gasteiger partial charge in [0.2, 0.25) is 11.3 Å². The standard InChI is InChI=1S/C20H24N2O6S/c1-3-9-28-18-11-21-16(10-17(18)23)12-29(26)13-19(24)22-15-7-5-14(6-8-15)20(25)27-4-2/h5-8,10-11H,3-4,9,12-13H2,1-2H3,(H,21,23)(H,22,24). The molecule has 0 saturated carbocycles. The minimum atomic E-state index is -1.51. The van der Waals surface area contributed by atoms with E-state index in [0.29, 0.717) is 23.6 Å². The summed E-state index contributed by atoms with van der Waals surface area (Å²) in [5, 5.41) is 2.62. The molecule has 9 heteroatoms. The summed E-state index contributed by atoms with van der Waals surface area (Å²) in [4.78, 5) is 38.5. The molecule has 0 aliphatic rings. The molecule has 0 saturated heterocycles. The van der Waals surface area contributed by atoms with Crippen LogP contribution in [-0.2, 0) is 26.1 Å². The summed E-state index contributed by atoms with van der Waals surface area (Å²) < 4.78 is 22.4. The summed E-state index contributed by atoms with van der Waals surface area (Å²) in [5.74, 6) is -0.844. The van der Waals surface area contributed by atoms with E-state index >= 15 is 0 Å². The van der Waals surface area contributed by atoms with Gasteiger partial charge in [-0.2, -0.15) is 0 Å². The van der Waals surface area contributed by atoms with Gasteiger partial charge in [0, 0.05) is 34.4 Å². The third kappa shape index (κ3) is 7.19. The Morgan fingerprint density at radius 3 is 2.52 bits per heavy atom. The number of esters is 1. The van der Waals surface area contributed by atoms with Crippen LogP contribution in [0.25, 0.3) is 0 Å². The van der Waals surface area contributed by atoms with E-state index < -0.39 is 22.7 Å². The van der Waals surface area contributed by atoms with E-state index in [-0.39, 0.29) is 29.3 Å². The van der Waals surface area contributed by atoms with E-state index in [0.717, 1.165) is 6.42 Å². The monoisotopic (exact) mass is 420 g/mol. The number of carbonyl (C=O) groups is 2. The lowest BCUT2D eigenvalue weighted by molar-refractivity contribution is -0.113. The van der Waals surface area contributed by atoms with E-state index in [9.17, 15) is 18.6 Å². The molecule has 1 heterocycles. The van der Waals surface area contributed by atoms with E-state index in [2.05, 4.69) is 10.3 Å². The zero-order valence-corrected chi connectivity index (χ0v) is 17.2. The smallest absolute Gasteiger partial charge is 0.338 e. The average Bonchev–Trinajstić information content (AvgIpc) is 2.68. The molecule has 2 rings (SSSR count). The van der Waals surface area contributed by atoms with Gasteiger partial charge in [-0.1, -0.05) is 6.92 Å². The number of hydrogen-bond acceptors (Lipinski definition) is 6. The molecule has 0 bridgehead atoms. The fourth-order valence-corrected chi connectivity index (χ4v) is 3.36. The van der Waals surface area contributed by atoms with Crippen LogP contribution in [0.5, 0.6) is 5.75 Å². The second kappa shape index (κ2) is 11.2. The normalized spacial score (nSPS) is 11.5. The van der Waals surface area contributed by atoms with Gasteiger partial charge in [0.1, 0.15) is 5.75 Å². The van der Waals surface area contributed by atoms with Gasteiger partial charge in [-0.05, 0) is 37.6 Å². The number of hydrogen-bond donors (Lipinski definition) is 2. The maximum atomic E-state index is 12.2. The predicted octanol–water partition coefficient (Wildman–Crippen LogP) is 2.23. The summed E-state index contributed by atoms with van der Waals surface area (Å²) in [6, 6.07) is 7.54. The molecule has 2 aromatic rings. The number of rotatable bonds is 10. The lowest BCUT2D eigenvalue weighted by Crippen LogP contribution is -2.21. The van der Waals surface area contributed by atoms with Crippen LogP contribution in [0.1, 0.15) is 36.3 Å². The van der Waals surface area contributed by atoms with Crippen LogP contribution >= 0.6 is 0 Å². The van der Waals surface area contributed by atoms with Crippen molar-refractivity contribution in [2.24, 2.45) is 0 Å². The number of aromatic amines is 1. The zero-order chi connectivity index (χ0) is 21.2. The molecule has 8 nitrogen and oxygen atoms in total. The lowest BCUT2D eigenvalue weighted by Gasteiger charge is -2.08. The van der Waals surface area contributed by atoms with Crippen molar-refractivity contribution in [2.75, 3.05) is 24.3 Å². The van der Waals surface area contributed by atoms with Crippen molar-refractivity contribution in [3.8, 4) is 5.75 Å². The minimum absolute atomic E-state index is 0.0402. The number of benzene rings is 1. The topological polar surface area (TPSA) is 115 Å². The van der Waals surface area contributed by atoms with E-state index in [1.54, 1.807) is 19.1 Å². The van der Waals surface area contributed by atoms with Crippen molar-refractivity contribution in [1.29, 1.82) is 0 Å². The first-order valence-electron chi connectivity index (χ1n) is 9.19. The molecule has 0 spiro atoms. The maximum absolute atomic E-state index is 12.2. The van der Waals surface area contributed by atoms with Gasteiger partial charge in [0.25, 0.3) is 0 Å². The van der Waals surface area contributed by atoms with Gasteiger partial charge in [-0.15, -0.1) is 0 Å². The number of nitrogens with one attached hydrogen (secondary N) is 2. The van der Waals surface area contributed by atoms with Crippen LogP contribution in [-0.4, -0.2) is 40.0 Å². The van der Waals surface area contributed by atoms with Crippen molar-refractivity contribution in [1.82, 2.24) is 4.98 Å². The Labute approximate surface area is 171 Å². The summed E-state index contributed by atoms with van der Waals surface area (Å²) in [5.41, 5.74) is 1.02. The van der Waals surface area contributed by atoms with Crippen LogP contribution in [0, 0.1) is 0 Å². The Bertz CT molecular complexity index is 923. The largest absolute Gasteiger partial charge is 0.488 e. The van der Waals surface area contributed by atoms with Gasteiger partial charge in [-0.25, -0.2) is 4.79 Å². The molecular formula is C20H24N2O6S. The third-order valence-corrected chi connectivity index (χ3v) is 4.90. The molecule has 156 valence electrons. The Kier molecular flexibility index (Phi) is 8.60. The molecule has 1 amide bonds. The number of amides is 1. The molecule has 0 aliphatic carbocycles. The highest BCUT2D eigenvalue weighted by Gasteiger charge is 2.12. The van der Waals surface area contributed by atoms with Crippen molar-refractivity contribution in [2.45, 2.75) is 26.0 Å². The number of H-pyrrole nitrogens is 1. The number of aromatic nitrogens is 1. The fourth-order valence-electron chi connectivity index (χ4n) is 2.38. The van der Waals surface area contributed by atoms with E-state index in [1.807, 2.05) is 6.92 Å². The van der Waals surface area contributed by atoms with Crippen LogP contribution < -0.4 is 15.5 Å². The fraction of sp³-hybridized carbons (Fsp3) is 0.350. The molecule has 0 radical (unpaired) electrons. The molecular weight excluding hydrogens is 396 g/mol. The summed E-state index contributed by atoms with van der Waals surface area (Å²) in [6.07, 6.45) is 2.22. The highest BCUT2D eigenvalue weighted by atomic mass is 32.2. The first-order chi connectivity index (χ1) is 13.9. The molecule has 0 aliphatic heterocycles. The first kappa shape index (κ1) is 22.4. The van der Waals surface area contributed by atoms with Crippen LogP contribution in [0.4, 0.5) is 5.69 Å². The Balaban J connectivity index is 1.87. The first-order valence-corrected chi connectivity index (χ1v) is 10.7. The van der Waals surface area contributed by atoms with Gasteiger partial charge in [-0.3, -0.25) is 13.8 Å². The van der Waals surface area contributed by atoms with Crippen LogP contribution in [0.15, 0.2) is 41.3 Å². The molecule has 1 unspecified atom stereocenters. The third-order valence-electron chi connectivity index (χ3n) is 3.69. The van der Waals surface area contributed by atoms with Crippen LogP contribution in [0.2, 0.25) is 0 Å². The molecule has 29 heavy (non-hydrogen) atoms. The molecule has 1 atom stereocenters. The minimum Gasteiger partial charge on any atom is -0.488 e. The van der Waals surface area contributed by atoms with Gasteiger partial charge in [0.15, 0.2) is 5.75 Å². The maximum Gasteiger partial charge on any atom is 0.338 e. The van der Waals surface area contributed by atoms with Crippen LogP contribution in [0.3, 0.4) is 0 Å². The summed E-state index contributed by atoms with van der Waals surface area (Å²) in [7, 11) is -1.51. The van der Waals surface area contributed by atoms with Crippen molar-refractivity contribution in [3.63, 3.8) is 0 Å². The van der Waals surface area contributed by atoms with Gasteiger partial charge >= 0.3 is 5.97 Å². The number of anilines is 1. The van der Waals surface area contributed by atoms with Crippen molar-refractivity contribution < 1.29 is 23.3 Å². The highest BCUT2D eigenvalue weighted by Crippen LogP contribution is 2.11. The molecule has 0 fully saturated rings. The summed E-state index contributed by atoms with van der Waals surface area (Å²) >= 11 is 0. The number of carbonyl (C=O) groups excluding carboxylic acids is 2. The van der Waals surface area contributed by atoms with Crippen molar-refractivity contribution >= 4 is 28.4 Å². The number of pyridine rings is 1. The average molecular weight is 420 g/mol. The molecule has 1 aromatic carbocycles. The quantitative estimate of drug-likeness (QED) is 0.570. The Hall–Kier alpha value is -2.94. The van der Waals surface area contributed by atoms with Gasteiger partial charge in [0.05, 0.1) is 24.5 Å². The second-order valence-electron chi connectivity index (χ2n) is 6.11. The zero-order valence-electron chi connectivity index (χ0n) is 16.4. The predicted molar refractivity (Wildman–Crippen MR) is 111 cm³/mol.